The summed E-state index contributed by atoms with van der Waals surface area (Å²) < 4.78 is 0. The van der Waals surface area contributed by atoms with Gasteiger partial charge in [0.15, 0.2) is 0 Å². The van der Waals surface area contributed by atoms with E-state index in [9.17, 15) is 5.11 Å². The number of halogens is 1. The number of carboxylic acids is 1. The molecule has 1 unspecified atom stereocenters. The van der Waals surface area contributed by atoms with E-state index in [1.165, 1.54) is 0 Å². The number of quaternary nitrogens is 3. The molecule has 1 atom stereocenters. The second-order valence-corrected chi connectivity index (χ2v) is 1.45. The molecule has 0 aromatic heterocycles. The van der Waals surface area contributed by atoms with E-state index in [0.717, 1.165) is 6.08 Å². The normalized spacial score (nSPS) is 7.35. The quantitative estimate of drug-likeness (QED) is 0.291. The molecule has 0 rings (SSSR count). The average Bonchev–Trinajstić information content (AvgIpc) is 2.37. The van der Waals surface area contributed by atoms with Crippen molar-refractivity contribution in [3.05, 3.63) is 12.7 Å². The van der Waals surface area contributed by atoms with E-state index in [0.29, 0.717) is 0 Å². The Morgan fingerprint density at radius 1 is 1.24 bits per heavy atom. The van der Waals surface area contributed by atoms with E-state index >= 15 is 0 Å². The van der Waals surface area contributed by atoms with Crippen molar-refractivity contribution in [2.75, 3.05) is 28.2 Å². The van der Waals surface area contributed by atoms with Gasteiger partial charge in [0, 0.05) is 0 Å². The minimum absolute atomic E-state index is 0. The summed E-state index contributed by atoms with van der Waals surface area (Å²) in [6.45, 7) is 4.45. The van der Waals surface area contributed by atoms with Crippen LogP contribution in [0.1, 0.15) is 6.92 Å². The molecule has 0 fully saturated rings. The molecule has 7 nitrogen and oxygen atoms in total. The van der Waals surface area contributed by atoms with Gasteiger partial charge in [0.2, 0.25) is 0 Å². The first-order valence-electron chi connectivity index (χ1n) is 4.83. The Kier molecular flexibility index (Phi) is 124. The minimum atomic E-state index is -1.23. The number of carbonyl (C=O) groups is 1. The number of rotatable bonds is 2. The summed E-state index contributed by atoms with van der Waals surface area (Å²) in [4.78, 5) is 9.14. The Morgan fingerprint density at radius 3 is 1.35 bits per heavy atom. The molecule has 17 heavy (non-hydrogen) atoms. The summed E-state index contributed by atoms with van der Waals surface area (Å²) >= 11 is 0. The fraction of sp³-hybridized carbons (Fsp3) is 0.667. The van der Waals surface area contributed by atoms with Crippen LogP contribution in [0.3, 0.4) is 0 Å². The highest BCUT2D eigenvalue weighted by atomic mass is 35.5. The van der Waals surface area contributed by atoms with Crippen LogP contribution in [0.2, 0.25) is 0 Å². The van der Waals surface area contributed by atoms with Crippen LogP contribution in [-0.4, -0.2) is 40.4 Å². The molecule has 0 saturated carbocycles. The van der Waals surface area contributed by atoms with Gasteiger partial charge < -0.3 is 49.9 Å². The number of aliphatic carboxylic acids is 1. The molecular formula is C9H29ClN4O3. The fourth-order valence-corrected chi connectivity index (χ4v) is 0. The lowest BCUT2D eigenvalue weighted by molar-refractivity contribution is -0.421. The van der Waals surface area contributed by atoms with Crippen molar-refractivity contribution in [2.45, 2.75) is 13.2 Å². The summed E-state index contributed by atoms with van der Waals surface area (Å²) in [5.41, 5.74) is 9.75. The zero-order chi connectivity index (χ0) is 14.6. The molecule has 0 aromatic carbocycles. The lowest BCUT2D eigenvalue weighted by Crippen LogP contribution is -3.00. The topological polar surface area (TPSA) is 158 Å². The highest BCUT2D eigenvalue weighted by Crippen LogP contribution is 1.51. The minimum Gasteiger partial charge on any atom is -1.00 e. The maximum Gasteiger partial charge on any atom is 0.0636 e. The number of carbonyl (C=O) groups excluding carboxylic acids is 1. The van der Waals surface area contributed by atoms with Crippen LogP contribution in [0.25, 0.3) is 0 Å². The summed E-state index contributed by atoms with van der Waals surface area (Å²) in [6.07, 6.45) is 0.106. The first kappa shape index (κ1) is 36.0. The van der Waals surface area contributed by atoms with Crippen LogP contribution in [-0.2, 0) is 4.79 Å². The number of carboxylic acid groups (broad SMARTS) is 1. The zero-order valence-corrected chi connectivity index (χ0v) is 12.3. The number of hydrogen-bond donors (Lipinski definition) is 4. The van der Waals surface area contributed by atoms with Crippen molar-refractivity contribution >= 4 is 5.97 Å². The molecule has 0 saturated heterocycles. The van der Waals surface area contributed by atoms with Gasteiger partial charge in [-0.2, -0.15) is 0 Å². The van der Waals surface area contributed by atoms with Gasteiger partial charge in [0.05, 0.1) is 27.1 Å². The summed E-state index contributed by atoms with van der Waals surface area (Å²) in [6, 6.07) is 0. The largest absolute Gasteiger partial charge is 1.00 e. The van der Waals surface area contributed by atoms with E-state index < -0.39 is 12.2 Å². The van der Waals surface area contributed by atoms with Crippen LogP contribution in [0.15, 0.2) is 12.7 Å². The summed E-state index contributed by atoms with van der Waals surface area (Å²) in [5, 5.41) is 21.4. The first-order valence-corrected chi connectivity index (χ1v) is 4.83. The molecule has 0 aliphatic rings. The van der Waals surface area contributed by atoms with Crippen LogP contribution in [0.5, 0.6) is 0 Å². The van der Waals surface area contributed by atoms with Crippen molar-refractivity contribution in [2.24, 2.45) is 0 Å². The van der Waals surface area contributed by atoms with Crippen molar-refractivity contribution in [3.8, 4) is 0 Å². The highest BCUT2D eigenvalue weighted by Gasteiger charge is 1.64. The van der Waals surface area contributed by atoms with Crippen molar-refractivity contribution < 1.29 is 44.6 Å². The van der Waals surface area contributed by atoms with Gasteiger partial charge in [-0.25, -0.2) is 0 Å². The van der Waals surface area contributed by atoms with E-state index in [2.05, 4.69) is 29.1 Å². The van der Waals surface area contributed by atoms with Crippen molar-refractivity contribution in [1.82, 2.24) is 5.32 Å². The zero-order valence-electron chi connectivity index (χ0n) is 11.6. The Morgan fingerprint density at radius 2 is 1.35 bits per heavy atom. The Hall–Kier alpha value is -0.700. The van der Waals surface area contributed by atoms with E-state index in [4.69, 9.17) is 9.90 Å². The van der Waals surface area contributed by atoms with Crippen LogP contribution in [0.4, 0.5) is 0 Å². The lowest BCUT2D eigenvalue weighted by atomic mass is 10.7. The van der Waals surface area contributed by atoms with Gasteiger partial charge in [-0.15, -0.1) is 0 Å². The molecule has 0 amide bonds. The standard InChI is InChI=1S/C3H8NO.C3H4O2.3CH5N.ClH/c1-3(5)4-2;1-2-3(4)5;3*1-2;/h3-4H,1-2H3;2H,1H2,(H,4,5);3*2H2,1H3;1H/q-1;;;;;/p+1. The van der Waals surface area contributed by atoms with Crippen molar-refractivity contribution in [3.63, 3.8) is 0 Å². The lowest BCUT2D eigenvalue weighted by Gasteiger charge is -2.11. The molecule has 10 N–H and O–H groups in total. The smallest absolute Gasteiger partial charge is 0.0636 e. The van der Waals surface area contributed by atoms with Gasteiger partial charge in [0.25, 0.3) is 0 Å². The highest BCUT2D eigenvalue weighted by molar-refractivity contribution is 5.76. The molecule has 110 valence electrons. The third-order valence-corrected chi connectivity index (χ3v) is 0.573. The number of nitrogens with one attached hydrogen (secondary N) is 1. The Bertz CT molecular complexity index is 116. The van der Waals surface area contributed by atoms with E-state index in [1.807, 2.05) is 0 Å². The summed E-state index contributed by atoms with van der Waals surface area (Å²) in [7, 11) is 6.89. The van der Waals surface area contributed by atoms with E-state index in [1.54, 1.807) is 35.1 Å². The predicted molar refractivity (Wildman–Crippen MR) is 60.2 cm³/mol. The third-order valence-electron chi connectivity index (χ3n) is 0.573. The van der Waals surface area contributed by atoms with Crippen molar-refractivity contribution in [1.29, 1.82) is 0 Å². The monoisotopic (exact) mass is 276 g/mol. The molecule has 0 spiro atoms. The second-order valence-electron chi connectivity index (χ2n) is 1.45. The van der Waals surface area contributed by atoms with Crippen LogP contribution in [0, 0.1) is 0 Å². The predicted octanol–water partition coefficient (Wildman–Crippen LogP) is -8.59. The Labute approximate surface area is 110 Å². The van der Waals surface area contributed by atoms with Gasteiger partial charge in [0.1, 0.15) is 0 Å². The molecule has 0 bridgehead atoms. The van der Waals surface area contributed by atoms with Gasteiger partial charge >= 0.3 is 0 Å². The fourth-order valence-electron chi connectivity index (χ4n) is 0. The van der Waals surface area contributed by atoms with E-state index in [-0.39, 0.29) is 12.4 Å². The van der Waals surface area contributed by atoms with Gasteiger partial charge in [-0.05, 0) is 13.1 Å². The second kappa shape index (κ2) is 58.7. The van der Waals surface area contributed by atoms with Crippen LogP contribution < -0.4 is 45.1 Å². The molecular weight excluding hydrogens is 248 g/mol. The maximum absolute atomic E-state index is 9.78. The summed E-state index contributed by atoms with van der Waals surface area (Å²) in [5.74, 6) is -1.23. The third kappa shape index (κ3) is 249. The molecule has 8 heteroatoms. The SMILES string of the molecule is C=CC(=O)[O-].CNC(C)[O-].C[NH3+].C[NH3+].C[NH3+].[Cl-]. The Balaban J connectivity index is -0.0000000238. The van der Waals surface area contributed by atoms with Crippen LogP contribution >= 0.6 is 0 Å². The van der Waals surface area contributed by atoms with Gasteiger partial charge in [-0.3, -0.25) is 0 Å². The molecule has 0 aliphatic heterocycles. The molecule has 0 aliphatic carbocycles. The number of hydrogen-bond acceptors (Lipinski definition) is 4. The molecule has 0 radical (unpaired) electrons. The average molecular weight is 277 g/mol. The maximum atomic E-state index is 9.78. The molecule has 0 aromatic rings. The van der Waals surface area contributed by atoms with Gasteiger partial charge in [-0.1, -0.05) is 19.7 Å². The molecule has 0 heterocycles. The first-order chi connectivity index (χ1) is 7.54.